The van der Waals surface area contributed by atoms with Crippen molar-refractivity contribution in [1.82, 2.24) is 15.5 Å². The Labute approximate surface area is 120 Å². The quantitative estimate of drug-likeness (QED) is 0.435. The van der Waals surface area contributed by atoms with Crippen molar-refractivity contribution >= 4 is 11.9 Å². The van der Waals surface area contributed by atoms with Crippen LogP contribution in [0.15, 0.2) is 17.6 Å². The highest BCUT2D eigenvalue weighted by Crippen LogP contribution is 2.24. The maximum atomic E-state index is 11.6. The van der Waals surface area contributed by atoms with Gasteiger partial charge in [-0.25, -0.2) is 4.99 Å². The van der Waals surface area contributed by atoms with Crippen LogP contribution in [0.2, 0.25) is 0 Å². The van der Waals surface area contributed by atoms with Crippen LogP contribution < -0.4 is 10.6 Å². The Bertz CT molecular complexity index is 410. The van der Waals surface area contributed by atoms with Gasteiger partial charge in [-0.15, -0.1) is 6.58 Å². The smallest absolute Gasteiger partial charge is 0.243 e. The molecule has 2 unspecified atom stereocenters. The van der Waals surface area contributed by atoms with Crippen LogP contribution in [-0.2, 0) is 4.79 Å². The van der Waals surface area contributed by atoms with Crippen LogP contribution in [0.25, 0.3) is 0 Å². The zero-order valence-electron chi connectivity index (χ0n) is 12.2. The average molecular weight is 277 g/mol. The molecule has 1 rings (SSSR count). The minimum absolute atomic E-state index is 0.00952. The summed E-state index contributed by atoms with van der Waals surface area (Å²) in [7, 11) is 3.40. The van der Waals surface area contributed by atoms with Gasteiger partial charge in [-0.2, -0.15) is 5.26 Å². The molecule has 20 heavy (non-hydrogen) atoms. The van der Waals surface area contributed by atoms with Gasteiger partial charge in [-0.3, -0.25) is 4.79 Å². The van der Waals surface area contributed by atoms with Crippen LogP contribution in [0.1, 0.15) is 19.3 Å². The minimum Gasteiger partial charge on any atom is -0.353 e. The van der Waals surface area contributed by atoms with E-state index in [2.05, 4.69) is 28.3 Å². The molecule has 1 amide bonds. The van der Waals surface area contributed by atoms with Crippen molar-refractivity contribution in [3.05, 3.63) is 12.7 Å². The first-order chi connectivity index (χ1) is 9.58. The highest BCUT2D eigenvalue weighted by Gasteiger charge is 2.27. The Balaban J connectivity index is 2.63. The molecule has 2 atom stereocenters. The first kappa shape index (κ1) is 16.0. The Morgan fingerprint density at radius 1 is 1.55 bits per heavy atom. The number of hydrogen-bond donors (Lipinski definition) is 2. The van der Waals surface area contributed by atoms with Crippen molar-refractivity contribution in [3.63, 3.8) is 0 Å². The number of likely N-dealkylation sites (N-methyl/N-ethyl adjacent to an activating group) is 1. The van der Waals surface area contributed by atoms with Gasteiger partial charge in [0.1, 0.15) is 6.54 Å². The molecular formula is C14H23N5O. The summed E-state index contributed by atoms with van der Waals surface area (Å²) in [5.74, 6) is 0.510. The van der Waals surface area contributed by atoms with E-state index < -0.39 is 0 Å². The van der Waals surface area contributed by atoms with Crippen molar-refractivity contribution in [2.45, 2.75) is 25.3 Å². The monoisotopic (exact) mass is 277 g/mol. The molecule has 0 heterocycles. The molecule has 0 saturated heterocycles. The number of nitrogens with one attached hydrogen (secondary N) is 2. The van der Waals surface area contributed by atoms with Gasteiger partial charge in [-0.05, 0) is 19.3 Å². The number of guanidine groups is 1. The third-order valence-electron chi connectivity index (χ3n) is 3.29. The lowest BCUT2D eigenvalue weighted by atomic mass is 10.1. The molecule has 0 aromatic heterocycles. The predicted octanol–water partition coefficient (Wildman–Crippen LogP) is 0.488. The van der Waals surface area contributed by atoms with Gasteiger partial charge in [-0.1, -0.05) is 6.08 Å². The topological polar surface area (TPSA) is 80.5 Å². The number of aliphatic imine (C=N–C) groups is 1. The molecule has 0 radical (unpaired) electrons. The molecule has 0 aliphatic heterocycles. The number of carbonyl (C=O) groups is 1. The summed E-state index contributed by atoms with van der Waals surface area (Å²) in [6.07, 6.45) is 4.64. The lowest BCUT2D eigenvalue weighted by Crippen LogP contribution is -2.45. The van der Waals surface area contributed by atoms with Crippen molar-refractivity contribution in [3.8, 4) is 6.07 Å². The van der Waals surface area contributed by atoms with Crippen molar-refractivity contribution in [2.75, 3.05) is 27.2 Å². The Kier molecular flexibility index (Phi) is 6.57. The molecule has 0 aromatic rings. The molecule has 1 saturated carbocycles. The van der Waals surface area contributed by atoms with Gasteiger partial charge >= 0.3 is 0 Å². The van der Waals surface area contributed by atoms with Crippen LogP contribution >= 0.6 is 0 Å². The highest BCUT2D eigenvalue weighted by atomic mass is 16.2. The van der Waals surface area contributed by atoms with Crippen LogP contribution in [0.5, 0.6) is 0 Å². The van der Waals surface area contributed by atoms with E-state index >= 15 is 0 Å². The van der Waals surface area contributed by atoms with Crippen LogP contribution in [0.4, 0.5) is 0 Å². The summed E-state index contributed by atoms with van der Waals surface area (Å²) in [6.45, 7) is 4.29. The summed E-state index contributed by atoms with van der Waals surface area (Å²) >= 11 is 0. The second-order valence-electron chi connectivity index (χ2n) is 5.04. The fraction of sp³-hybridized carbons (Fsp3) is 0.643. The number of rotatable bonds is 5. The van der Waals surface area contributed by atoms with E-state index in [0.717, 1.165) is 19.3 Å². The first-order valence-electron chi connectivity index (χ1n) is 6.84. The summed E-state index contributed by atoms with van der Waals surface area (Å²) in [4.78, 5) is 17.3. The number of hydrogen-bond acceptors (Lipinski definition) is 3. The second-order valence-corrected chi connectivity index (χ2v) is 5.04. The first-order valence-corrected chi connectivity index (χ1v) is 6.84. The molecule has 1 fully saturated rings. The maximum Gasteiger partial charge on any atom is 0.243 e. The lowest BCUT2D eigenvalue weighted by Gasteiger charge is -2.19. The largest absolute Gasteiger partial charge is 0.353 e. The van der Waals surface area contributed by atoms with Gasteiger partial charge in [0.25, 0.3) is 0 Å². The zero-order valence-corrected chi connectivity index (χ0v) is 12.2. The normalized spacial score (nSPS) is 21.9. The van der Waals surface area contributed by atoms with Gasteiger partial charge in [0, 0.05) is 26.7 Å². The van der Waals surface area contributed by atoms with E-state index in [-0.39, 0.29) is 24.4 Å². The van der Waals surface area contributed by atoms with E-state index in [9.17, 15) is 4.79 Å². The summed E-state index contributed by atoms with van der Waals surface area (Å²) < 4.78 is 0. The van der Waals surface area contributed by atoms with Crippen molar-refractivity contribution in [2.24, 2.45) is 10.9 Å². The molecule has 6 heteroatoms. The third-order valence-corrected chi connectivity index (χ3v) is 3.29. The van der Waals surface area contributed by atoms with Crippen LogP contribution in [0, 0.1) is 17.2 Å². The summed E-state index contributed by atoms with van der Waals surface area (Å²) in [5, 5.41) is 15.4. The Morgan fingerprint density at radius 3 is 2.90 bits per heavy atom. The number of carbonyl (C=O) groups excluding carboxylic acids is 1. The van der Waals surface area contributed by atoms with Crippen molar-refractivity contribution < 1.29 is 4.79 Å². The highest BCUT2D eigenvalue weighted by molar-refractivity contribution is 5.85. The molecule has 0 aromatic carbocycles. The maximum absolute atomic E-state index is 11.6. The summed E-state index contributed by atoms with van der Waals surface area (Å²) in [6, 6.07) is 2.42. The Morgan fingerprint density at radius 2 is 2.30 bits per heavy atom. The van der Waals surface area contributed by atoms with Gasteiger partial charge < -0.3 is 15.5 Å². The zero-order chi connectivity index (χ0) is 15.0. The number of amides is 1. The van der Waals surface area contributed by atoms with E-state index in [1.165, 1.54) is 4.90 Å². The minimum atomic E-state index is -0.0621. The molecule has 110 valence electrons. The van der Waals surface area contributed by atoms with Gasteiger partial charge in [0.05, 0.1) is 12.0 Å². The van der Waals surface area contributed by atoms with Gasteiger partial charge in [0.15, 0.2) is 5.96 Å². The van der Waals surface area contributed by atoms with E-state index in [4.69, 9.17) is 5.26 Å². The number of nitriles is 1. The SMILES string of the molecule is C=CCNC(=NCC(=O)N(C)C)NC1CCCC1C#N. The van der Waals surface area contributed by atoms with E-state index in [1.807, 2.05) is 0 Å². The predicted molar refractivity (Wildman–Crippen MR) is 79.1 cm³/mol. The average Bonchev–Trinajstić information content (AvgIpc) is 2.88. The molecule has 1 aliphatic carbocycles. The van der Waals surface area contributed by atoms with E-state index in [0.29, 0.717) is 12.5 Å². The standard InChI is InChI=1S/C14H23N5O/c1-4-8-16-14(17-10-13(20)19(2)3)18-12-7-5-6-11(12)9-15/h4,11-12H,1,5-8,10H2,2-3H3,(H2,16,17,18). The molecular weight excluding hydrogens is 254 g/mol. The number of nitrogens with zero attached hydrogens (tertiary/aromatic N) is 3. The fourth-order valence-corrected chi connectivity index (χ4v) is 2.07. The molecule has 0 bridgehead atoms. The fourth-order valence-electron chi connectivity index (χ4n) is 2.07. The van der Waals surface area contributed by atoms with Gasteiger partial charge in [0.2, 0.25) is 5.91 Å². The molecule has 1 aliphatic rings. The molecule has 2 N–H and O–H groups in total. The van der Waals surface area contributed by atoms with Crippen molar-refractivity contribution in [1.29, 1.82) is 5.26 Å². The molecule has 0 spiro atoms. The van der Waals surface area contributed by atoms with E-state index in [1.54, 1.807) is 20.2 Å². The molecule has 6 nitrogen and oxygen atoms in total. The summed E-state index contributed by atoms with van der Waals surface area (Å²) in [5.41, 5.74) is 0. The van der Waals surface area contributed by atoms with Crippen LogP contribution in [-0.4, -0.2) is 50.0 Å². The lowest BCUT2D eigenvalue weighted by molar-refractivity contribution is -0.127. The van der Waals surface area contributed by atoms with Crippen LogP contribution in [0.3, 0.4) is 0 Å². The third kappa shape index (κ3) is 4.92. The second kappa shape index (κ2) is 8.20. The Hall–Kier alpha value is -2.03.